The molecule has 0 unspecified atom stereocenters. The molecule has 1 aromatic heterocycles. The third-order valence-electron chi connectivity index (χ3n) is 1.26. The molecule has 0 spiro atoms. The second-order valence-corrected chi connectivity index (χ2v) is 1.98. The smallest absolute Gasteiger partial charge is 0.115 e. The topological polar surface area (TPSA) is 55.0 Å². The fourth-order valence-electron chi connectivity index (χ4n) is 0.594. The molecule has 1 aromatic rings. The first-order valence-electron chi connectivity index (χ1n) is 4.01. The van der Waals surface area contributed by atoms with Gasteiger partial charge in [-0.2, -0.15) is 0 Å². The predicted octanol–water partition coefficient (Wildman–Crippen LogP) is 0.855. The Kier molecular flexibility index (Phi) is 5.91. The summed E-state index contributed by atoms with van der Waals surface area (Å²) in [4.78, 5) is 9.55. The predicted molar refractivity (Wildman–Crippen MR) is 50.8 cm³/mol. The second kappa shape index (κ2) is 6.54. The van der Waals surface area contributed by atoms with E-state index in [-0.39, 0.29) is 0 Å². The maximum Gasteiger partial charge on any atom is 0.115 e. The molecule has 0 aliphatic carbocycles. The van der Waals surface area contributed by atoms with Crippen molar-refractivity contribution in [3.05, 3.63) is 18.7 Å². The van der Waals surface area contributed by atoms with Crippen molar-refractivity contribution < 1.29 is 0 Å². The van der Waals surface area contributed by atoms with Gasteiger partial charge in [-0.15, -0.1) is 0 Å². The molecule has 2 N–H and O–H groups in total. The molecule has 12 heavy (non-hydrogen) atoms. The van der Waals surface area contributed by atoms with E-state index in [4.69, 9.17) is 5.73 Å². The van der Waals surface area contributed by atoms with Crippen LogP contribution in [0.25, 0.3) is 0 Å². The minimum absolute atomic E-state index is 0.480. The Morgan fingerprint density at radius 2 is 1.83 bits per heavy atom. The average Bonchev–Trinajstić information content (AvgIpc) is 2.21. The Morgan fingerprint density at radius 3 is 2.25 bits per heavy atom. The van der Waals surface area contributed by atoms with Crippen molar-refractivity contribution >= 4 is 5.69 Å². The van der Waals surface area contributed by atoms with Gasteiger partial charge in [0.1, 0.15) is 6.33 Å². The number of rotatable bonds is 2. The summed E-state index contributed by atoms with van der Waals surface area (Å²) in [5.74, 6) is 0. The lowest BCUT2D eigenvalue weighted by atomic mass is 10.5. The summed E-state index contributed by atoms with van der Waals surface area (Å²) in [6.45, 7) is 4.48. The molecule has 0 aromatic carbocycles. The number of nitrogens with two attached hydrogens (primary N) is 1. The summed E-state index contributed by atoms with van der Waals surface area (Å²) < 4.78 is 0. The molecule has 4 nitrogen and oxygen atoms in total. The van der Waals surface area contributed by atoms with E-state index in [0.717, 1.165) is 5.69 Å². The normalized spacial score (nSPS) is 8.33. The van der Waals surface area contributed by atoms with Crippen LogP contribution in [0.5, 0.6) is 0 Å². The molecule has 0 bridgehead atoms. The Morgan fingerprint density at radius 1 is 1.33 bits per heavy atom. The SMILES string of the molecule is CC.CN(CN)c1cncnc1. The number of aromatic nitrogens is 2. The fraction of sp³-hybridized carbons (Fsp3) is 0.500. The zero-order valence-corrected chi connectivity index (χ0v) is 7.86. The van der Waals surface area contributed by atoms with Gasteiger partial charge in [0.15, 0.2) is 0 Å². The van der Waals surface area contributed by atoms with Gasteiger partial charge in [0.25, 0.3) is 0 Å². The average molecular weight is 168 g/mol. The summed E-state index contributed by atoms with van der Waals surface area (Å²) in [5, 5.41) is 0. The lowest BCUT2D eigenvalue weighted by Gasteiger charge is -2.14. The maximum atomic E-state index is 5.37. The molecule has 68 valence electrons. The van der Waals surface area contributed by atoms with E-state index in [1.807, 2.05) is 25.8 Å². The molecule has 0 atom stereocenters. The van der Waals surface area contributed by atoms with Gasteiger partial charge in [-0.25, -0.2) is 9.97 Å². The number of hydrogen-bond acceptors (Lipinski definition) is 4. The summed E-state index contributed by atoms with van der Waals surface area (Å²) in [6, 6.07) is 0. The molecular formula is C8H16N4. The highest BCUT2D eigenvalue weighted by atomic mass is 15.2. The van der Waals surface area contributed by atoms with Crippen molar-refractivity contribution in [1.29, 1.82) is 0 Å². The van der Waals surface area contributed by atoms with Crippen molar-refractivity contribution in [1.82, 2.24) is 9.97 Å². The molecule has 0 fully saturated rings. The van der Waals surface area contributed by atoms with E-state index >= 15 is 0 Å². The van der Waals surface area contributed by atoms with E-state index in [1.165, 1.54) is 6.33 Å². The van der Waals surface area contributed by atoms with E-state index in [9.17, 15) is 0 Å². The van der Waals surface area contributed by atoms with Crippen LogP contribution in [0.2, 0.25) is 0 Å². The van der Waals surface area contributed by atoms with Crippen molar-refractivity contribution in [2.24, 2.45) is 5.73 Å². The quantitative estimate of drug-likeness (QED) is 0.665. The first-order chi connectivity index (χ1) is 5.84. The van der Waals surface area contributed by atoms with Crippen LogP contribution in [0.1, 0.15) is 13.8 Å². The number of hydrogen-bond donors (Lipinski definition) is 1. The van der Waals surface area contributed by atoms with Crippen LogP contribution in [0.15, 0.2) is 18.7 Å². The van der Waals surface area contributed by atoms with Gasteiger partial charge < -0.3 is 10.6 Å². The van der Waals surface area contributed by atoms with Crippen LogP contribution < -0.4 is 10.6 Å². The van der Waals surface area contributed by atoms with Gasteiger partial charge in [-0.1, -0.05) is 13.8 Å². The number of nitrogens with zero attached hydrogens (tertiary/aromatic N) is 3. The lowest BCUT2D eigenvalue weighted by molar-refractivity contribution is 0.919. The largest absolute Gasteiger partial charge is 0.360 e. The third kappa shape index (κ3) is 3.30. The minimum atomic E-state index is 0.480. The summed E-state index contributed by atoms with van der Waals surface area (Å²) in [6.07, 6.45) is 4.94. The number of anilines is 1. The molecule has 0 saturated carbocycles. The highest BCUT2D eigenvalue weighted by Gasteiger charge is 1.94. The van der Waals surface area contributed by atoms with Gasteiger partial charge >= 0.3 is 0 Å². The third-order valence-corrected chi connectivity index (χ3v) is 1.26. The molecule has 1 rings (SSSR count). The Hall–Kier alpha value is -1.16. The molecule has 0 aliphatic heterocycles. The second-order valence-electron chi connectivity index (χ2n) is 1.98. The van der Waals surface area contributed by atoms with Crippen molar-refractivity contribution in [2.75, 3.05) is 18.6 Å². The van der Waals surface area contributed by atoms with Gasteiger partial charge in [-0.05, 0) is 0 Å². The first-order valence-corrected chi connectivity index (χ1v) is 4.01. The van der Waals surface area contributed by atoms with Crippen LogP contribution in [0.3, 0.4) is 0 Å². The van der Waals surface area contributed by atoms with Crippen LogP contribution in [0.4, 0.5) is 5.69 Å². The van der Waals surface area contributed by atoms with E-state index in [1.54, 1.807) is 12.4 Å². The van der Waals surface area contributed by atoms with Gasteiger partial charge in [0.05, 0.1) is 24.7 Å². The molecule has 0 radical (unpaired) electrons. The molecular weight excluding hydrogens is 152 g/mol. The first kappa shape index (κ1) is 10.8. The highest BCUT2D eigenvalue weighted by Crippen LogP contribution is 2.04. The molecule has 1 heterocycles. The van der Waals surface area contributed by atoms with Crippen LogP contribution in [0, 0.1) is 0 Å². The van der Waals surface area contributed by atoms with Gasteiger partial charge in [0, 0.05) is 7.05 Å². The van der Waals surface area contributed by atoms with E-state index in [2.05, 4.69) is 9.97 Å². The van der Waals surface area contributed by atoms with E-state index in [0.29, 0.717) is 6.67 Å². The van der Waals surface area contributed by atoms with Crippen molar-refractivity contribution in [3.8, 4) is 0 Å². The summed E-state index contributed by atoms with van der Waals surface area (Å²) in [5.41, 5.74) is 6.31. The Labute approximate surface area is 73.4 Å². The molecule has 0 amide bonds. The zero-order valence-electron chi connectivity index (χ0n) is 7.86. The monoisotopic (exact) mass is 168 g/mol. The molecule has 0 saturated heterocycles. The molecule has 4 heteroatoms. The highest BCUT2D eigenvalue weighted by molar-refractivity contribution is 5.39. The van der Waals surface area contributed by atoms with Crippen LogP contribution >= 0.6 is 0 Å². The summed E-state index contributed by atoms with van der Waals surface area (Å²) >= 11 is 0. The van der Waals surface area contributed by atoms with Gasteiger partial charge in [0.2, 0.25) is 0 Å². The lowest BCUT2D eigenvalue weighted by Crippen LogP contribution is -2.25. The molecule has 0 aliphatic rings. The van der Waals surface area contributed by atoms with Gasteiger partial charge in [-0.3, -0.25) is 0 Å². The maximum absolute atomic E-state index is 5.37. The zero-order chi connectivity index (χ0) is 9.40. The summed E-state index contributed by atoms with van der Waals surface area (Å²) in [7, 11) is 1.89. The Balaban J connectivity index is 0.000000561. The van der Waals surface area contributed by atoms with E-state index < -0.39 is 0 Å². The minimum Gasteiger partial charge on any atom is -0.360 e. The van der Waals surface area contributed by atoms with Crippen LogP contribution in [-0.2, 0) is 0 Å². The standard InChI is InChI=1S/C6H10N4.C2H6/c1-10(4-7)6-2-8-5-9-3-6;1-2/h2-3,5H,4,7H2,1H3;1-2H3. The van der Waals surface area contributed by atoms with Crippen molar-refractivity contribution in [2.45, 2.75) is 13.8 Å². The van der Waals surface area contributed by atoms with Crippen molar-refractivity contribution in [3.63, 3.8) is 0 Å². The van der Waals surface area contributed by atoms with Crippen LogP contribution in [-0.4, -0.2) is 23.7 Å². The Bertz CT molecular complexity index is 188. The fourth-order valence-corrected chi connectivity index (χ4v) is 0.594.